The second-order valence-corrected chi connectivity index (χ2v) is 3.40. The molecule has 0 amide bonds. The van der Waals surface area contributed by atoms with Gasteiger partial charge in [0.25, 0.3) is 0 Å². The summed E-state index contributed by atoms with van der Waals surface area (Å²) >= 11 is 1.67. The second kappa shape index (κ2) is 4.01. The van der Waals surface area contributed by atoms with Crippen LogP contribution in [0.1, 0.15) is 13.3 Å². The van der Waals surface area contributed by atoms with Crippen molar-refractivity contribution in [2.24, 2.45) is 10.7 Å². The average Bonchev–Trinajstić information content (AvgIpc) is 1.64. The number of hydrogen-bond acceptors (Lipinski definition) is 3. The Bertz CT molecular complexity index is 116. The second-order valence-electron chi connectivity index (χ2n) is 1.94. The summed E-state index contributed by atoms with van der Waals surface area (Å²) in [5.74, 6) is 0. The Kier molecular flexibility index (Phi) is 4.06. The van der Waals surface area contributed by atoms with Crippen LogP contribution in [0.2, 0.25) is 0 Å². The molecule has 1 heterocycles. The van der Waals surface area contributed by atoms with Crippen LogP contribution in [-0.2, 0) is 0 Å². The van der Waals surface area contributed by atoms with E-state index in [1.54, 1.807) is 11.8 Å². The fraction of sp³-hybridized carbons (Fsp3) is 0.800. The first-order valence-corrected chi connectivity index (χ1v) is 3.63. The van der Waals surface area contributed by atoms with E-state index >= 15 is 0 Å². The van der Waals surface area contributed by atoms with Gasteiger partial charge in [0.2, 0.25) is 0 Å². The normalized spacial score (nSPS) is 26.3. The zero-order valence-electron chi connectivity index (χ0n) is 5.33. The van der Waals surface area contributed by atoms with Gasteiger partial charge in [-0.25, -0.2) is 0 Å². The molecular weight excluding hydrogens is 156 g/mol. The zero-order chi connectivity index (χ0) is 5.98. The topological polar surface area (TPSA) is 38.4 Å². The molecule has 0 aromatic carbocycles. The Morgan fingerprint density at radius 1 is 1.78 bits per heavy atom. The van der Waals surface area contributed by atoms with Crippen molar-refractivity contribution in [2.75, 3.05) is 6.54 Å². The molecule has 54 valence electrons. The maximum atomic E-state index is 5.44. The van der Waals surface area contributed by atoms with E-state index in [9.17, 15) is 0 Å². The molecule has 1 rings (SSSR count). The monoisotopic (exact) mass is 166 g/mol. The van der Waals surface area contributed by atoms with Crippen molar-refractivity contribution in [3.8, 4) is 0 Å². The van der Waals surface area contributed by atoms with E-state index in [2.05, 4.69) is 11.9 Å². The van der Waals surface area contributed by atoms with Crippen LogP contribution in [-0.4, -0.2) is 17.0 Å². The van der Waals surface area contributed by atoms with Gasteiger partial charge in [0.15, 0.2) is 5.17 Å². The van der Waals surface area contributed by atoms with Gasteiger partial charge in [0.1, 0.15) is 0 Å². The van der Waals surface area contributed by atoms with Crippen LogP contribution in [0.25, 0.3) is 0 Å². The van der Waals surface area contributed by atoms with Gasteiger partial charge in [-0.2, -0.15) is 0 Å². The smallest absolute Gasteiger partial charge is 0.154 e. The molecule has 1 aliphatic heterocycles. The van der Waals surface area contributed by atoms with Crippen molar-refractivity contribution in [1.29, 1.82) is 0 Å². The molecule has 2 nitrogen and oxygen atoms in total. The summed E-state index contributed by atoms with van der Waals surface area (Å²) < 4.78 is 0. The molecule has 0 aromatic heterocycles. The molecule has 0 saturated heterocycles. The summed E-state index contributed by atoms with van der Waals surface area (Å²) in [4.78, 5) is 4.04. The van der Waals surface area contributed by atoms with Gasteiger partial charge in [-0.1, -0.05) is 18.7 Å². The van der Waals surface area contributed by atoms with E-state index in [-0.39, 0.29) is 12.4 Å². The number of rotatable bonds is 0. The molecule has 1 aliphatic rings. The average molecular weight is 167 g/mol. The quantitative estimate of drug-likeness (QED) is 0.588. The number of thioether (sulfide) groups is 1. The van der Waals surface area contributed by atoms with Crippen LogP contribution in [0.4, 0.5) is 0 Å². The Morgan fingerprint density at radius 2 is 2.44 bits per heavy atom. The summed E-state index contributed by atoms with van der Waals surface area (Å²) in [6.45, 7) is 3.09. The molecule has 0 aliphatic carbocycles. The summed E-state index contributed by atoms with van der Waals surface area (Å²) in [5.41, 5.74) is 5.44. The van der Waals surface area contributed by atoms with Crippen molar-refractivity contribution in [2.45, 2.75) is 18.6 Å². The van der Waals surface area contributed by atoms with Gasteiger partial charge in [-0.05, 0) is 6.42 Å². The van der Waals surface area contributed by atoms with E-state index in [1.165, 1.54) is 6.42 Å². The van der Waals surface area contributed by atoms with Gasteiger partial charge in [-0.3, -0.25) is 4.99 Å². The summed E-state index contributed by atoms with van der Waals surface area (Å²) in [5, 5.41) is 1.43. The predicted octanol–water partition coefficient (Wildman–Crippen LogP) is 1.25. The van der Waals surface area contributed by atoms with Gasteiger partial charge < -0.3 is 5.73 Å². The fourth-order valence-electron chi connectivity index (χ4n) is 0.659. The minimum atomic E-state index is 0. The standard InChI is InChI=1S/C5H10N2S.ClH/c1-4-2-3-7-5(6)8-4;/h4H,2-3H2,1H3,(H2,6,7);1H. The Labute approximate surface area is 65.7 Å². The van der Waals surface area contributed by atoms with Crippen LogP contribution in [0.15, 0.2) is 4.99 Å². The highest BCUT2D eigenvalue weighted by Gasteiger charge is 2.08. The number of nitrogens with two attached hydrogens (primary N) is 1. The first kappa shape index (κ1) is 9.11. The molecule has 0 saturated carbocycles. The van der Waals surface area contributed by atoms with Crippen molar-refractivity contribution < 1.29 is 0 Å². The number of aliphatic imine (C=N–C) groups is 1. The third-order valence-corrected chi connectivity index (χ3v) is 2.13. The first-order valence-electron chi connectivity index (χ1n) is 2.75. The molecular formula is C5H11ClN2S. The molecule has 0 spiro atoms. The molecule has 4 heteroatoms. The predicted molar refractivity (Wildman–Crippen MR) is 45.4 cm³/mol. The van der Waals surface area contributed by atoms with Gasteiger partial charge in [0.05, 0.1) is 0 Å². The van der Waals surface area contributed by atoms with Gasteiger partial charge in [-0.15, -0.1) is 12.4 Å². The van der Waals surface area contributed by atoms with Crippen LogP contribution in [0, 0.1) is 0 Å². The number of nitrogens with zero attached hydrogens (tertiary/aromatic N) is 1. The molecule has 0 bridgehead atoms. The van der Waals surface area contributed by atoms with E-state index in [1.807, 2.05) is 0 Å². The first-order chi connectivity index (χ1) is 3.79. The van der Waals surface area contributed by atoms with Crippen molar-refractivity contribution >= 4 is 29.3 Å². The highest BCUT2D eigenvalue weighted by molar-refractivity contribution is 8.14. The molecule has 2 N–H and O–H groups in total. The fourth-order valence-corrected chi connectivity index (χ4v) is 1.46. The maximum Gasteiger partial charge on any atom is 0.154 e. The third-order valence-electron chi connectivity index (χ3n) is 1.13. The molecule has 0 aromatic rings. The SMILES string of the molecule is CC1CCN=C(N)S1.Cl. The molecule has 1 atom stereocenters. The lowest BCUT2D eigenvalue weighted by Crippen LogP contribution is -2.17. The summed E-state index contributed by atoms with van der Waals surface area (Å²) in [6.07, 6.45) is 1.17. The van der Waals surface area contributed by atoms with Gasteiger partial charge >= 0.3 is 0 Å². The zero-order valence-corrected chi connectivity index (χ0v) is 6.97. The van der Waals surface area contributed by atoms with E-state index in [4.69, 9.17) is 5.73 Å². The van der Waals surface area contributed by atoms with Crippen LogP contribution in [0.3, 0.4) is 0 Å². The van der Waals surface area contributed by atoms with E-state index in [0.717, 1.165) is 11.7 Å². The Balaban J connectivity index is 0.000000640. The highest BCUT2D eigenvalue weighted by atomic mass is 35.5. The van der Waals surface area contributed by atoms with Crippen molar-refractivity contribution in [1.82, 2.24) is 0 Å². The highest BCUT2D eigenvalue weighted by Crippen LogP contribution is 2.17. The summed E-state index contributed by atoms with van der Waals surface area (Å²) in [7, 11) is 0. The largest absolute Gasteiger partial charge is 0.379 e. The number of amidine groups is 1. The van der Waals surface area contributed by atoms with E-state index in [0.29, 0.717) is 5.25 Å². The van der Waals surface area contributed by atoms with Crippen molar-refractivity contribution in [3.05, 3.63) is 0 Å². The number of halogens is 1. The van der Waals surface area contributed by atoms with Crippen LogP contribution < -0.4 is 5.73 Å². The lowest BCUT2D eigenvalue weighted by molar-refractivity contribution is 0.818. The minimum absolute atomic E-state index is 0. The lowest BCUT2D eigenvalue weighted by Gasteiger charge is -2.13. The van der Waals surface area contributed by atoms with Crippen LogP contribution >= 0.6 is 24.2 Å². The van der Waals surface area contributed by atoms with Crippen molar-refractivity contribution in [3.63, 3.8) is 0 Å². The third kappa shape index (κ3) is 2.96. The molecule has 9 heavy (non-hydrogen) atoms. The van der Waals surface area contributed by atoms with E-state index < -0.39 is 0 Å². The van der Waals surface area contributed by atoms with Crippen LogP contribution in [0.5, 0.6) is 0 Å². The summed E-state index contributed by atoms with van der Waals surface area (Å²) in [6, 6.07) is 0. The minimum Gasteiger partial charge on any atom is -0.379 e. The molecule has 0 fully saturated rings. The molecule has 0 radical (unpaired) electrons. The molecule has 1 unspecified atom stereocenters. The lowest BCUT2D eigenvalue weighted by atomic mass is 10.3. The Hall–Kier alpha value is 0.110. The Morgan fingerprint density at radius 3 is 2.78 bits per heavy atom. The van der Waals surface area contributed by atoms with Gasteiger partial charge in [0, 0.05) is 11.8 Å². The maximum absolute atomic E-state index is 5.44. The number of hydrogen-bond donors (Lipinski definition) is 1.